The number of fused-ring (bicyclic) bond motifs is 1. The number of hydrogen-bond acceptors (Lipinski definition) is 6. The molecule has 0 bridgehead atoms. The van der Waals surface area contributed by atoms with E-state index in [1.807, 2.05) is 0 Å². The Kier molecular flexibility index (Phi) is 8.25. The molecule has 1 aliphatic rings. The Hall–Kier alpha value is -4.00. The molecule has 3 aromatic rings. The van der Waals surface area contributed by atoms with E-state index < -0.39 is 18.0 Å². The highest BCUT2D eigenvalue weighted by molar-refractivity contribution is 5.94. The highest BCUT2D eigenvalue weighted by Crippen LogP contribution is 2.18. The van der Waals surface area contributed by atoms with Gasteiger partial charge in [0.05, 0.1) is 5.52 Å². The molecule has 0 unspecified atom stereocenters. The number of carboxylic acids is 1. The number of piperidine rings is 1. The smallest absolute Gasteiger partial charge is 0.475 e. The number of nitrogens with two attached hydrogens (primary N) is 1. The molecular weight excluding hydrogens is 486 g/mol. The van der Waals surface area contributed by atoms with Crippen LogP contribution in [0.1, 0.15) is 28.8 Å². The predicted molar refractivity (Wildman–Crippen MR) is 123 cm³/mol. The zero-order valence-corrected chi connectivity index (χ0v) is 18.8. The van der Waals surface area contributed by atoms with Crippen molar-refractivity contribution in [1.29, 1.82) is 0 Å². The first kappa shape index (κ1) is 26.6. The van der Waals surface area contributed by atoms with Gasteiger partial charge in [-0.3, -0.25) is 9.59 Å². The minimum atomic E-state index is -5.08. The third kappa shape index (κ3) is 7.01. The first-order valence-electron chi connectivity index (χ1n) is 10.8. The summed E-state index contributed by atoms with van der Waals surface area (Å²) in [5.74, 6) is -2.72. The van der Waals surface area contributed by atoms with Crippen LogP contribution in [0.5, 0.6) is 0 Å². The molecule has 0 radical (unpaired) electrons. The van der Waals surface area contributed by atoms with Gasteiger partial charge in [0.25, 0.3) is 11.5 Å². The van der Waals surface area contributed by atoms with Crippen molar-refractivity contribution in [1.82, 2.24) is 15.3 Å². The zero-order valence-electron chi connectivity index (χ0n) is 18.8. The van der Waals surface area contributed by atoms with Crippen LogP contribution < -0.4 is 21.5 Å². The fourth-order valence-corrected chi connectivity index (χ4v) is 3.49. The summed E-state index contributed by atoms with van der Waals surface area (Å²) in [4.78, 5) is 42.8. The summed E-state index contributed by atoms with van der Waals surface area (Å²) in [6.07, 6.45) is -1.68. The number of pyridine rings is 2. The van der Waals surface area contributed by atoms with Gasteiger partial charge in [0.2, 0.25) is 0 Å². The Morgan fingerprint density at radius 2 is 1.83 bits per heavy atom. The van der Waals surface area contributed by atoms with Crippen LogP contribution in [0, 0.1) is 5.82 Å². The minimum Gasteiger partial charge on any atom is -0.475 e. The maximum atomic E-state index is 13.3. The third-order valence-electron chi connectivity index (χ3n) is 5.44. The molecule has 0 saturated carbocycles. The Labute approximate surface area is 201 Å². The van der Waals surface area contributed by atoms with Gasteiger partial charge >= 0.3 is 12.1 Å². The number of aromatic nitrogens is 2. The monoisotopic (exact) mass is 509 g/mol. The van der Waals surface area contributed by atoms with Gasteiger partial charge in [-0.1, -0.05) is 0 Å². The van der Waals surface area contributed by atoms with E-state index in [1.54, 1.807) is 30.5 Å². The molecule has 1 aliphatic heterocycles. The van der Waals surface area contributed by atoms with Gasteiger partial charge in [0.1, 0.15) is 11.6 Å². The molecule has 2 aromatic heterocycles. The van der Waals surface area contributed by atoms with E-state index in [4.69, 9.17) is 15.6 Å². The van der Waals surface area contributed by atoms with E-state index in [0.29, 0.717) is 22.0 Å². The summed E-state index contributed by atoms with van der Waals surface area (Å²) in [5, 5.41) is 10.6. The van der Waals surface area contributed by atoms with Gasteiger partial charge in [-0.25, -0.2) is 14.2 Å². The van der Waals surface area contributed by atoms with E-state index in [2.05, 4.69) is 20.2 Å². The number of anilines is 1. The average Bonchev–Trinajstić information content (AvgIpc) is 2.83. The topological polar surface area (TPSA) is 141 Å². The normalized spacial score (nSPS) is 14.2. The number of H-pyrrole nitrogens is 1. The second-order valence-electron chi connectivity index (χ2n) is 8.07. The fourth-order valence-electron chi connectivity index (χ4n) is 3.49. The van der Waals surface area contributed by atoms with Crippen molar-refractivity contribution in [3.05, 3.63) is 69.9 Å². The molecule has 13 heteroatoms. The number of carboxylic acid groups (broad SMARTS) is 1. The summed E-state index contributed by atoms with van der Waals surface area (Å²) >= 11 is 0. The zero-order chi connectivity index (χ0) is 26.5. The lowest BCUT2D eigenvalue weighted by atomic mass is 10.1. The summed E-state index contributed by atoms with van der Waals surface area (Å²) in [6, 6.07) is 9.45. The lowest BCUT2D eigenvalue weighted by Gasteiger charge is -2.31. The fraction of sp³-hybridized carbons (Fsp3) is 0.304. The Balaban J connectivity index is 0.000000454. The van der Waals surface area contributed by atoms with Gasteiger partial charge in [0.15, 0.2) is 0 Å². The van der Waals surface area contributed by atoms with E-state index in [0.717, 1.165) is 31.7 Å². The number of hydrogen-bond donors (Lipinski definition) is 4. The lowest BCUT2D eigenvalue weighted by Crippen LogP contribution is -2.40. The van der Waals surface area contributed by atoms with Gasteiger partial charge < -0.3 is 26.0 Å². The molecule has 3 heterocycles. The molecule has 4 rings (SSSR count). The molecule has 9 nitrogen and oxygen atoms in total. The maximum Gasteiger partial charge on any atom is 0.490 e. The number of rotatable bonds is 4. The summed E-state index contributed by atoms with van der Waals surface area (Å²) < 4.78 is 45.0. The molecule has 1 amide bonds. The summed E-state index contributed by atoms with van der Waals surface area (Å²) in [5.41, 5.74) is 6.88. The number of aliphatic carboxylic acids is 1. The molecule has 192 valence electrons. The molecule has 5 N–H and O–H groups in total. The van der Waals surface area contributed by atoms with Crippen LogP contribution in [0.4, 0.5) is 23.4 Å². The van der Waals surface area contributed by atoms with Crippen molar-refractivity contribution in [2.45, 2.75) is 31.6 Å². The molecule has 1 saturated heterocycles. The summed E-state index contributed by atoms with van der Waals surface area (Å²) in [7, 11) is 0. The number of nitrogens with one attached hydrogen (secondary N) is 2. The Bertz CT molecular complexity index is 1300. The number of halogens is 4. The van der Waals surface area contributed by atoms with Crippen LogP contribution in [-0.4, -0.2) is 52.3 Å². The molecule has 1 fully saturated rings. The van der Waals surface area contributed by atoms with Crippen molar-refractivity contribution >= 4 is 28.6 Å². The number of aromatic amines is 1. The largest absolute Gasteiger partial charge is 0.490 e. The van der Waals surface area contributed by atoms with Crippen molar-refractivity contribution in [2.24, 2.45) is 5.73 Å². The number of benzene rings is 1. The van der Waals surface area contributed by atoms with Crippen LogP contribution in [-0.2, 0) is 11.3 Å². The SMILES string of the molecule is NC1CCN(c2cc(C(=O)NCc3cc4ccc(F)cc4[nH]c3=O)ccn2)CC1.O=C(O)C(F)(F)F. The van der Waals surface area contributed by atoms with Crippen LogP contribution in [0.3, 0.4) is 0 Å². The van der Waals surface area contributed by atoms with Crippen LogP contribution >= 0.6 is 0 Å². The molecular formula is C23H23F4N5O4. The predicted octanol–water partition coefficient (Wildman–Crippen LogP) is 2.55. The van der Waals surface area contributed by atoms with E-state index in [-0.39, 0.29) is 24.1 Å². The highest BCUT2D eigenvalue weighted by atomic mass is 19.4. The van der Waals surface area contributed by atoms with Gasteiger partial charge in [0, 0.05) is 43.0 Å². The van der Waals surface area contributed by atoms with E-state index >= 15 is 0 Å². The van der Waals surface area contributed by atoms with Crippen LogP contribution in [0.15, 0.2) is 47.4 Å². The van der Waals surface area contributed by atoms with Crippen molar-refractivity contribution in [3.8, 4) is 0 Å². The van der Waals surface area contributed by atoms with Gasteiger partial charge in [-0.05, 0) is 54.6 Å². The van der Waals surface area contributed by atoms with E-state index in [1.165, 1.54) is 12.1 Å². The Morgan fingerprint density at radius 3 is 2.47 bits per heavy atom. The Morgan fingerprint density at radius 1 is 1.17 bits per heavy atom. The standard InChI is InChI=1S/C21H22FN5O2.C2HF3O2/c22-16-2-1-13-9-15(21(29)26-18(13)11-16)12-25-20(28)14-3-6-24-19(10-14)27-7-4-17(23)5-8-27;3-2(4,5)1(6)7/h1-3,6,9-11,17H,4-5,7-8,12,23H2,(H,25,28)(H,26,29);(H,6,7). The third-order valence-corrected chi connectivity index (χ3v) is 5.44. The van der Waals surface area contributed by atoms with Crippen LogP contribution in [0.2, 0.25) is 0 Å². The first-order valence-corrected chi connectivity index (χ1v) is 10.8. The lowest BCUT2D eigenvalue weighted by molar-refractivity contribution is -0.192. The molecule has 0 atom stereocenters. The van der Waals surface area contributed by atoms with Gasteiger partial charge in [-0.15, -0.1) is 0 Å². The highest BCUT2D eigenvalue weighted by Gasteiger charge is 2.38. The number of nitrogens with zero attached hydrogens (tertiary/aromatic N) is 2. The quantitative estimate of drug-likeness (QED) is 0.396. The second kappa shape index (κ2) is 11.2. The number of amides is 1. The molecule has 36 heavy (non-hydrogen) atoms. The van der Waals surface area contributed by atoms with E-state index in [9.17, 15) is 27.2 Å². The van der Waals surface area contributed by atoms with Gasteiger partial charge in [-0.2, -0.15) is 13.2 Å². The van der Waals surface area contributed by atoms with Crippen molar-refractivity contribution in [2.75, 3.05) is 18.0 Å². The minimum absolute atomic E-state index is 0.0672. The number of carbonyl (C=O) groups is 2. The van der Waals surface area contributed by atoms with Crippen molar-refractivity contribution < 1.29 is 32.3 Å². The number of alkyl halides is 3. The number of carbonyl (C=O) groups excluding carboxylic acids is 1. The molecule has 1 aromatic carbocycles. The average molecular weight is 509 g/mol. The van der Waals surface area contributed by atoms with Crippen LogP contribution in [0.25, 0.3) is 10.9 Å². The molecule has 0 spiro atoms. The van der Waals surface area contributed by atoms with Crippen molar-refractivity contribution in [3.63, 3.8) is 0 Å². The second-order valence-corrected chi connectivity index (χ2v) is 8.07. The first-order chi connectivity index (χ1) is 16.9. The summed E-state index contributed by atoms with van der Waals surface area (Å²) in [6.45, 7) is 1.69. The molecule has 0 aliphatic carbocycles. The maximum absolute atomic E-state index is 13.3.